The molecule has 0 aliphatic carbocycles. The standard InChI is InChI=1S/C19H22N2O4/c1-11-14-10-12(16-4-2-3-9-25-16)5-6-13(14)19(24)21(11)15-7-8-17(22)20-18(15)23/h5-6,10-11,15-16H,2-4,7-9H2,1H3,(H,20,22,23). The molecule has 25 heavy (non-hydrogen) atoms. The van der Waals surface area contributed by atoms with Crippen LogP contribution in [0.5, 0.6) is 0 Å². The van der Waals surface area contributed by atoms with Crippen LogP contribution in [0.25, 0.3) is 0 Å². The number of piperidine rings is 1. The summed E-state index contributed by atoms with van der Waals surface area (Å²) in [6.45, 7) is 2.72. The lowest BCUT2D eigenvalue weighted by Crippen LogP contribution is -2.53. The Bertz CT molecular complexity index is 739. The lowest BCUT2D eigenvalue weighted by atomic mass is 9.96. The van der Waals surface area contributed by atoms with Gasteiger partial charge in [0, 0.05) is 18.6 Å². The Morgan fingerprint density at radius 1 is 1.16 bits per heavy atom. The monoisotopic (exact) mass is 342 g/mol. The summed E-state index contributed by atoms with van der Waals surface area (Å²) in [6, 6.07) is 5.11. The van der Waals surface area contributed by atoms with Crippen LogP contribution in [0, 0.1) is 0 Å². The molecule has 132 valence electrons. The van der Waals surface area contributed by atoms with Gasteiger partial charge >= 0.3 is 0 Å². The Morgan fingerprint density at radius 3 is 2.72 bits per heavy atom. The average Bonchev–Trinajstić information content (AvgIpc) is 2.87. The van der Waals surface area contributed by atoms with Gasteiger partial charge in [0.2, 0.25) is 11.8 Å². The number of nitrogens with zero attached hydrogens (tertiary/aromatic N) is 1. The SMILES string of the molecule is CC1c2cc(C3CCCCO3)ccc2C(=O)N1C1CCC(=O)NC1=O. The number of carbonyl (C=O) groups is 3. The van der Waals surface area contributed by atoms with Crippen molar-refractivity contribution in [1.29, 1.82) is 0 Å². The first-order valence-electron chi connectivity index (χ1n) is 8.98. The topological polar surface area (TPSA) is 75.7 Å². The van der Waals surface area contributed by atoms with Crippen molar-refractivity contribution >= 4 is 17.7 Å². The van der Waals surface area contributed by atoms with E-state index < -0.39 is 6.04 Å². The lowest BCUT2D eigenvalue weighted by molar-refractivity contribution is -0.137. The van der Waals surface area contributed by atoms with Gasteiger partial charge in [0.1, 0.15) is 6.04 Å². The van der Waals surface area contributed by atoms with E-state index in [9.17, 15) is 14.4 Å². The molecule has 0 aromatic heterocycles. The fraction of sp³-hybridized carbons (Fsp3) is 0.526. The van der Waals surface area contributed by atoms with E-state index in [0.717, 1.165) is 37.0 Å². The number of fused-ring (bicyclic) bond motifs is 1. The highest BCUT2D eigenvalue weighted by Gasteiger charge is 2.43. The molecule has 3 aliphatic rings. The largest absolute Gasteiger partial charge is 0.374 e. The van der Waals surface area contributed by atoms with Crippen molar-refractivity contribution in [2.45, 2.75) is 57.2 Å². The van der Waals surface area contributed by atoms with Crippen molar-refractivity contribution in [2.24, 2.45) is 0 Å². The maximum atomic E-state index is 12.9. The summed E-state index contributed by atoms with van der Waals surface area (Å²) in [7, 11) is 0. The summed E-state index contributed by atoms with van der Waals surface area (Å²) in [5.41, 5.74) is 2.70. The van der Waals surface area contributed by atoms with Gasteiger partial charge in [0.25, 0.3) is 5.91 Å². The minimum Gasteiger partial charge on any atom is -0.374 e. The maximum Gasteiger partial charge on any atom is 0.255 e. The van der Waals surface area contributed by atoms with E-state index >= 15 is 0 Å². The van der Waals surface area contributed by atoms with Gasteiger partial charge < -0.3 is 9.64 Å². The number of carbonyl (C=O) groups excluding carboxylic acids is 3. The second-order valence-corrected chi connectivity index (χ2v) is 7.06. The predicted octanol–water partition coefficient (Wildman–Crippen LogP) is 2.25. The molecule has 3 heterocycles. The van der Waals surface area contributed by atoms with E-state index in [1.807, 2.05) is 19.1 Å². The number of hydrogen-bond acceptors (Lipinski definition) is 4. The van der Waals surface area contributed by atoms with Gasteiger partial charge in [-0.15, -0.1) is 0 Å². The second kappa shape index (κ2) is 6.26. The fourth-order valence-electron chi connectivity index (χ4n) is 4.15. The summed E-state index contributed by atoms with van der Waals surface area (Å²) in [4.78, 5) is 38.1. The average molecular weight is 342 g/mol. The van der Waals surface area contributed by atoms with Gasteiger partial charge in [-0.05, 0) is 49.8 Å². The zero-order chi connectivity index (χ0) is 17.6. The molecule has 0 radical (unpaired) electrons. The molecule has 6 heteroatoms. The Hall–Kier alpha value is -2.21. The first-order valence-corrected chi connectivity index (χ1v) is 8.98. The van der Waals surface area contributed by atoms with Crippen molar-refractivity contribution in [1.82, 2.24) is 10.2 Å². The molecule has 1 aromatic rings. The molecule has 3 aliphatic heterocycles. The summed E-state index contributed by atoms with van der Waals surface area (Å²) in [6.07, 6.45) is 3.99. The number of nitrogens with one attached hydrogen (secondary N) is 1. The van der Waals surface area contributed by atoms with Crippen LogP contribution in [0.3, 0.4) is 0 Å². The third kappa shape index (κ3) is 2.74. The lowest BCUT2D eigenvalue weighted by Gasteiger charge is -2.33. The minimum atomic E-state index is -0.581. The van der Waals surface area contributed by atoms with Crippen LogP contribution in [0.4, 0.5) is 0 Å². The van der Waals surface area contributed by atoms with Crippen molar-refractivity contribution in [3.8, 4) is 0 Å². The van der Waals surface area contributed by atoms with E-state index in [0.29, 0.717) is 12.0 Å². The van der Waals surface area contributed by atoms with Crippen LogP contribution >= 0.6 is 0 Å². The third-order valence-corrected chi connectivity index (χ3v) is 5.51. The predicted molar refractivity (Wildman–Crippen MR) is 89.7 cm³/mol. The molecular formula is C19H22N2O4. The third-order valence-electron chi connectivity index (χ3n) is 5.51. The molecule has 0 saturated carbocycles. The molecule has 2 fully saturated rings. The molecule has 3 amide bonds. The van der Waals surface area contributed by atoms with Crippen molar-refractivity contribution < 1.29 is 19.1 Å². The molecule has 3 atom stereocenters. The second-order valence-electron chi connectivity index (χ2n) is 7.06. The normalized spacial score (nSPS) is 29.6. The van der Waals surface area contributed by atoms with Crippen molar-refractivity contribution in [3.63, 3.8) is 0 Å². The van der Waals surface area contributed by atoms with E-state index in [1.54, 1.807) is 4.90 Å². The van der Waals surface area contributed by atoms with E-state index in [4.69, 9.17) is 4.74 Å². The summed E-state index contributed by atoms with van der Waals surface area (Å²) >= 11 is 0. The molecule has 0 bridgehead atoms. The van der Waals surface area contributed by atoms with Crippen molar-refractivity contribution in [3.05, 3.63) is 34.9 Å². The molecular weight excluding hydrogens is 320 g/mol. The van der Waals surface area contributed by atoms with Gasteiger partial charge in [-0.3, -0.25) is 19.7 Å². The van der Waals surface area contributed by atoms with Gasteiger partial charge in [-0.1, -0.05) is 12.1 Å². The van der Waals surface area contributed by atoms with Gasteiger partial charge in [0.15, 0.2) is 0 Å². The molecule has 0 spiro atoms. The molecule has 6 nitrogen and oxygen atoms in total. The fourth-order valence-corrected chi connectivity index (χ4v) is 4.15. The number of amides is 3. The minimum absolute atomic E-state index is 0.0889. The first-order chi connectivity index (χ1) is 12.1. The Labute approximate surface area is 146 Å². The van der Waals surface area contributed by atoms with E-state index in [1.165, 1.54) is 0 Å². The van der Waals surface area contributed by atoms with Gasteiger partial charge in [-0.2, -0.15) is 0 Å². The van der Waals surface area contributed by atoms with Gasteiger partial charge in [-0.25, -0.2) is 0 Å². The van der Waals surface area contributed by atoms with E-state index in [2.05, 4.69) is 11.4 Å². The van der Waals surface area contributed by atoms with Crippen molar-refractivity contribution in [2.75, 3.05) is 6.61 Å². The molecule has 3 unspecified atom stereocenters. The Kier molecular flexibility index (Phi) is 4.07. The number of ether oxygens (including phenoxy) is 1. The quantitative estimate of drug-likeness (QED) is 0.837. The number of benzene rings is 1. The zero-order valence-corrected chi connectivity index (χ0v) is 14.3. The number of rotatable bonds is 2. The highest BCUT2D eigenvalue weighted by atomic mass is 16.5. The Morgan fingerprint density at radius 2 is 2.00 bits per heavy atom. The van der Waals surface area contributed by atoms with E-state index in [-0.39, 0.29) is 36.3 Å². The first kappa shape index (κ1) is 16.3. The van der Waals surface area contributed by atoms with Crippen LogP contribution in [-0.2, 0) is 14.3 Å². The Balaban J connectivity index is 1.62. The summed E-state index contributed by atoms with van der Waals surface area (Å²) in [5, 5.41) is 2.35. The van der Waals surface area contributed by atoms with Crippen LogP contribution in [0.2, 0.25) is 0 Å². The van der Waals surface area contributed by atoms with Crippen LogP contribution in [0.1, 0.15) is 72.7 Å². The number of hydrogen-bond donors (Lipinski definition) is 1. The zero-order valence-electron chi connectivity index (χ0n) is 14.3. The highest BCUT2D eigenvalue weighted by molar-refractivity contribution is 6.05. The molecule has 2 saturated heterocycles. The summed E-state index contributed by atoms with van der Waals surface area (Å²) in [5.74, 6) is -0.775. The molecule has 1 aromatic carbocycles. The van der Waals surface area contributed by atoms with Crippen LogP contribution in [-0.4, -0.2) is 35.3 Å². The van der Waals surface area contributed by atoms with Crippen LogP contribution in [0.15, 0.2) is 18.2 Å². The maximum absolute atomic E-state index is 12.9. The molecule has 1 N–H and O–H groups in total. The summed E-state index contributed by atoms with van der Waals surface area (Å²) < 4.78 is 5.86. The van der Waals surface area contributed by atoms with Gasteiger partial charge in [0.05, 0.1) is 12.1 Å². The number of imide groups is 1. The highest BCUT2D eigenvalue weighted by Crippen LogP contribution is 2.39. The smallest absolute Gasteiger partial charge is 0.255 e. The van der Waals surface area contributed by atoms with Crippen LogP contribution < -0.4 is 5.32 Å². The molecule has 4 rings (SSSR count).